The highest BCUT2D eigenvalue weighted by atomic mass is 16.2. The summed E-state index contributed by atoms with van der Waals surface area (Å²) >= 11 is 0. The monoisotopic (exact) mass is 399 g/mol. The Balaban J connectivity index is 1.37. The van der Waals surface area contributed by atoms with Crippen LogP contribution in [0, 0.1) is 17.8 Å². The molecule has 5 heteroatoms. The zero-order valence-electron chi connectivity index (χ0n) is 18.1. The average molecular weight is 400 g/mol. The van der Waals surface area contributed by atoms with Gasteiger partial charge in [0.1, 0.15) is 0 Å². The fourth-order valence-corrected chi connectivity index (χ4v) is 4.71. The van der Waals surface area contributed by atoms with Crippen molar-refractivity contribution in [2.45, 2.75) is 44.9 Å². The molecule has 1 aliphatic heterocycles. The predicted octanol–water partition coefficient (Wildman–Crippen LogP) is 2.95. The van der Waals surface area contributed by atoms with E-state index >= 15 is 0 Å². The fourth-order valence-electron chi connectivity index (χ4n) is 4.71. The van der Waals surface area contributed by atoms with Crippen LogP contribution in [0.25, 0.3) is 0 Å². The highest BCUT2D eigenvalue weighted by molar-refractivity contribution is 5.81. The molecule has 1 N–H and O–H groups in total. The first-order chi connectivity index (χ1) is 14.0. The second-order valence-electron chi connectivity index (χ2n) is 9.10. The average Bonchev–Trinajstić information content (AvgIpc) is 2.74. The van der Waals surface area contributed by atoms with Crippen LogP contribution in [-0.4, -0.2) is 61.9 Å². The van der Waals surface area contributed by atoms with Gasteiger partial charge in [-0.3, -0.25) is 9.59 Å². The van der Waals surface area contributed by atoms with Crippen molar-refractivity contribution in [3.63, 3.8) is 0 Å². The van der Waals surface area contributed by atoms with Gasteiger partial charge in [0, 0.05) is 38.0 Å². The van der Waals surface area contributed by atoms with Crippen molar-refractivity contribution in [1.82, 2.24) is 15.1 Å². The summed E-state index contributed by atoms with van der Waals surface area (Å²) in [6, 6.07) is 10.7. The number of carbonyl (C=O) groups is 2. The van der Waals surface area contributed by atoms with Gasteiger partial charge in [-0.15, -0.1) is 0 Å². The normalized spacial score (nSPS) is 23.2. The van der Waals surface area contributed by atoms with E-state index in [1.165, 1.54) is 5.56 Å². The second kappa shape index (κ2) is 10.8. The van der Waals surface area contributed by atoms with Crippen LogP contribution in [0.2, 0.25) is 0 Å². The smallest absolute Gasteiger partial charge is 0.225 e. The summed E-state index contributed by atoms with van der Waals surface area (Å²) in [5.41, 5.74) is 1.40. The molecule has 1 heterocycles. The number of nitrogens with zero attached hydrogens (tertiary/aromatic N) is 2. The molecule has 1 aromatic carbocycles. The van der Waals surface area contributed by atoms with E-state index in [1.54, 1.807) is 0 Å². The number of hydrogen-bond acceptors (Lipinski definition) is 3. The van der Waals surface area contributed by atoms with Crippen molar-refractivity contribution in [2.24, 2.45) is 17.8 Å². The molecule has 2 aliphatic rings. The molecule has 29 heavy (non-hydrogen) atoms. The Labute approximate surface area is 175 Å². The largest absolute Gasteiger partial charge is 0.355 e. The van der Waals surface area contributed by atoms with E-state index in [-0.39, 0.29) is 17.7 Å². The van der Waals surface area contributed by atoms with E-state index in [9.17, 15) is 9.59 Å². The van der Waals surface area contributed by atoms with Crippen molar-refractivity contribution in [2.75, 3.05) is 40.3 Å². The standard InChI is InChI=1S/C24H37N3O2/c1-26(2)17-14-25-23(28)21-8-10-22(11-9-21)24(29)27-15-12-20(13-16-27)18-19-6-4-3-5-7-19/h3-7,20-22H,8-18H2,1-2H3,(H,25,28). The van der Waals surface area contributed by atoms with Crippen LogP contribution in [0.5, 0.6) is 0 Å². The van der Waals surface area contributed by atoms with Gasteiger partial charge >= 0.3 is 0 Å². The number of benzene rings is 1. The quantitative estimate of drug-likeness (QED) is 0.767. The Morgan fingerprint density at radius 2 is 1.59 bits per heavy atom. The molecule has 1 saturated heterocycles. The number of hydrogen-bond donors (Lipinski definition) is 1. The van der Waals surface area contributed by atoms with Crippen molar-refractivity contribution in [3.8, 4) is 0 Å². The third kappa shape index (κ3) is 6.56. The SMILES string of the molecule is CN(C)CCNC(=O)C1CCC(C(=O)N2CCC(Cc3ccccc3)CC2)CC1. The van der Waals surface area contributed by atoms with Crippen LogP contribution in [0.3, 0.4) is 0 Å². The van der Waals surface area contributed by atoms with Crippen LogP contribution >= 0.6 is 0 Å². The van der Waals surface area contributed by atoms with Gasteiger partial charge in [-0.1, -0.05) is 30.3 Å². The maximum absolute atomic E-state index is 13.0. The van der Waals surface area contributed by atoms with Gasteiger partial charge in [0.25, 0.3) is 0 Å². The lowest BCUT2D eigenvalue weighted by Gasteiger charge is -2.36. The maximum atomic E-state index is 13.0. The van der Waals surface area contributed by atoms with Gasteiger partial charge in [-0.2, -0.15) is 0 Å². The molecule has 1 aliphatic carbocycles. The number of piperidine rings is 1. The van der Waals surface area contributed by atoms with E-state index in [0.29, 0.717) is 18.4 Å². The Hall–Kier alpha value is -1.88. The summed E-state index contributed by atoms with van der Waals surface area (Å²) in [6.45, 7) is 3.34. The van der Waals surface area contributed by atoms with Crippen LogP contribution in [0.15, 0.2) is 30.3 Å². The first-order valence-corrected chi connectivity index (χ1v) is 11.3. The summed E-state index contributed by atoms with van der Waals surface area (Å²) in [7, 11) is 4.01. The van der Waals surface area contributed by atoms with Crippen molar-refractivity contribution >= 4 is 11.8 Å². The van der Waals surface area contributed by atoms with E-state index < -0.39 is 0 Å². The maximum Gasteiger partial charge on any atom is 0.225 e. The molecular formula is C24H37N3O2. The Morgan fingerprint density at radius 3 is 2.21 bits per heavy atom. The number of likely N-dealkylation sites (N-methyl/N-ethyl adjacent to an activating group) is 1. The van der Waals surface area contributed by atoms with E-state index in [1.807, 2.05) is 14.1 Å². The number of carbonyl (C=O) groups excluding carboxylic acids is 2. The summed E-state index contributed by atoms with van der Waals surface area (Å²) in [5, 5.41) is 3.04. The predicted molar refractivity (Wildman–Crippen MR) is 116 cm³/mol. The first-order valence-electron chi connectivity index (χ1n) is 11.3. The van der Waals surface area contributed by atoms with Gasteiger partial charge < -0.3 is 15.1 Å². The molecule has 5 nitrogen and oxygen atoms in total. The number of rotatable bonds is 7. The molecule has 0 spiro atoms. The molecule has 0 unspecified atom stereocenters. The number of likely N-dealkylation sites (tertiary alicyclic amines) is 1. The van der Waals surface area contributed by atoms with Gasteiger partial charge in [0.15, 0.2) is 0 Å². The lowest BCUT2D eigenvalue weighted by Crippen LogP contribution is -2.44. The molecule has 0 bridgehead atoms. The molecule has 0 aromatic heterocycles. The summed E-state index contributed by atoms with van der Waals surface area (Å²) < 4.78 is 0. The topological polar surface area (TPSA) is 52.7 Å². The van der Waals surface area contributed by atoms with E-state index in [0.717, 1.165) is 64.6 Å². The fraction of sp³-hybridized carbons (Fsp3) is 0.667. The molecule has 1 aromatic rings. The molecule has 0 atom stereocenters. The van der Waals surface area contributed by atoms with Crippen molar-refractivity contribution < 1.29 is 9.59 Å². The summed E-state index contributed by atoms with van der Waals surface area (Å²) in [5.74, 6) is 1.38. The van der Waals surface area contributed by atoms with Gasteiger partial charge in [0.05, 0.1) is 0 Å². The first kappa shape index (κ1) is 21.8. The third-order valence-corrected chi connectivity index (χ3v) is 6.60. The van der Waals surface area contributed by atoms with Crippen molar-refractivity contribution in [1.29, 1.82) is 0 Å². The van der Waals surface area contributed by atoms with Gasteiger partial charge in [-0.05, 0) is 70.5 Å². The van der Waals surface area contributed by atoms with E-state index in [2.05, 4.69) is 45.4 Å². The number of amides is 2. The molecule has 1 saturated carbocycles. The molecule has 0 radical (unpaired) electrons. The van der Waals surface area contributed by atoms with Crippen LogP contribution in [0.1, 0.15) is 44.1 Å². The molecule has 2 amide bonds. The molecular weight excluding hydrogens is 362 g/mol. The third-order valence-electron chi connectivity index (χ3n) is 6.60. The zero-order valence-corrected chi connectivity index (χ0v) is 18.1. The molecule has 2 fully saturated rings. The summed E-state index contributed by atoms with van der Waals surface area (Å²) in [6.07, 6.45) is 6.72. The Morgan fingerprint density at radius 1 is 0.966 bits per heavy atom. The Bertz CT molecular complexity index is 645. The van der Waals surface area contributed by atoms with Gasteiger partial charge in [0.2, 0.25) is 11.8 Å². The molecule has 160 valence electrons. The van der Waals surface area contributed by atoms with Gasteiger partial charge in [-0.25, -0.2) is 0 Å². The Kier molecular flexibility index (Phi) is 8.10. The number of nitrogens with one attached hydrogen (secondary N) is 1. The summed E-state index contributed by atoms with van der Waals surface area (Å²) in [4.78, 5) is 29.4. The second-order valence-corrected chi connectivity index (χ2v) is 9.10. The highest BCUT2D eigenvalue weighted by Gasteiger charge is 2.33. The highest BCUT2D eigenvalue weighted by Crippen LogP contribution is 2.31. The minimum absolute atomic E-state index is 0.0813. The van der Waals surface area contributed by atoms with Crippen molar-refractivity contribution in [3.05, 3.63) is 35.9 Å². The molecule has 3 rings (SSSR count). The zero-order chi connectivity index (χ0) is 20.6. The van der Waals surface area contributed by atoms with Crippen LogP contribution in [-0.2, 0) is 16.0 Å². The lowest BCUT2D eigenvalue weighted by atomic mass is 9.80. The van der Waals surface area contributed by atoms with Crippen LogP contribution in [0.4, 0.5) is 0 Å². The van der Waals surface area contributed by atoms with Crippen LogP contribution < -0.4 is 5.32 Å². The minimum Gasteiger partial charge on any atom is -0.355 e. The minimum atomic E-state index is 0.0813. The lowest BCUT2D eigenvalue weighted by molar-refractivity contribution is -0.139. The van der Waals surface area contributed by atoms with E-state index in [4.69, 9.17) is 0 Å².